The molecule has 4 heteroatoms. The molecule has 0 aliphatic rings. The molecule has 1 unspecified atom stereocenters. The van der Waals surface area contributed by atoms with Crippen LogP contribution in [0, 0.1) is 5.92 Å². The quantitative estimate of drug-likeness (QED) is 0.691. The van der Waals surface area contributed by atoms with Crippen molar-refractivity contribution in [3.8, 4) is 0 Å². The number of benzene rings is 1. The number of ether oxygens (including phenoxy) is 1. The van der Waals surface area contributed by atoms with Crippen LogP contribution < -0.4 is 5.32 Å². The Morgan fingerprint density at radius 3 is 2.62 bits per heavy atom. The van der Waals surface area contributed by atoms with Crippen LogP contribution in [0.25, 0.3) is 0 Å². The number of nitrogens with zero attached hydrogens (tertiary/aromatic N) is 1. The zero-order valence-corrected chi connectivity index (χ0v) is 15.3. The van der Waals surface area contributed by atoms with Gasteiger partial charge < -0.3 is 15.0 Å². The minimum Gasteiger partial charge on any atom is -0.383 e. The molecule has 0 spiro atoms. The fourth-order valence-electron chi connectivity index (χ4n) is 2.54. The van der Waals surface area contributed by atoms with E-state index in [-0.39, 0.29) is 0 Å². The summed E-state index contributed by atoms with van der Waals surface area (Å²) in [6.45, 7) is 8.54. The Morgan fingerprint density at radius 2 is 2.05 bits per heavy atom. The normalized spacial score (nSPS) is 13.1. The van der Waals surface area contributed by atoms with E-state index in [4.69, 9.17) is 4.74 Å². The van der Waals surface area contributed by atoms with E-state index in [0.29, 0.717) is 12.0 Å². The third-order valence-corrected chi connectivity index (χ3v) is 4.06. The molecule has 0 saturated carbocycles. The van der Waals surface area contributed by atoms with Gasteiger partial charge >= 0.3 is 0 Å². The van der Waals surface area contributed by atoms with Gasteiger partial charge in [0.2, 0.25) is 0 Å². The molecule has 0 radical (unpaired) electrons. The first-order valence-corrected chi connectivity index (χ1v) is 8.50. The van der Waals surface area contributed by atoms with E-state index < -0.39 is 0 Å². The molecule has 3 nitrogen and oxygen atoms in total. The van der Waals surface area contributed by atoms with E-state index in [1.165, 1.54) is 5.56 Å². The molecule has 1 atom stereocenters. The van der Waals surface area contributed by atoms with E-state index in [1.54, 1.807) is 7.11 Å². The maximum Gasteiger partial charge on any atom is 0.0589 e. The van der Waals surface area contributed by atoms with Gasteiger partial charge in [-0.2, -0.15) is 0 Å². The molecule has 1 rings (SSSR count). The highest BCUT2D eigenvalue weighted by Crippen LogP contribution is 2.21. The zero-order valence-electron chi connectivity index (χ0n) is 13.7. The van der Waals surface area contributed by atoms with Crippen LogP contribution in [-0.4, -0.2) is 45.3 Å². The van der Waals surface area contributed by atoms with Crippen LogP contribution in [0.3, 0.4) is 0 Å². The summed E-state index contributed by atoms with van der Waals surface area (Å²) in [5.74, 6) is 0.681. The Balaban J connectivity index is 2.58. The molecule has 1 aromatic carbocycles. The van der Waals surface area contributed by atoms with Crippen molar-refractivity contribution < 1.29 is 4.74 Å². The molecule has 0 aromatic heterocycles. The third kappa shape index (κ3) is 7.41. The second kappa shape index (κ2) is 10.3. The van der Waals surface area contributed by atoms with Gasteiger partial charge in [-0.05, 0) is 37.1 Å². The van der Waals surface area contributed by atoms with Crippen molar-refractivity contribution in [1.29, 1.82) is 0 Å². The van der Waals surface area contributed by atoms with Gasteiger partial charge in [0, 0.05) is 37.3 Å². The first kappa shape index (κ1) is 18.6. The summed E-state index contributed by atoms with van der Waals surface area (Å²) >= 11 is 3.55. The minimum absolute atomic E-state index is 0.389. The van der Waals surface area contributed by atoms with E-state index in [0.717, 1.165) is 37.1 Å². The molecule has 0 fully saturated rings. The second-order valence-electron chi connectivity index (χ2n) is 5.87. The van der Waals surface area contributed by atoms with Gasteiger partial charge in [0.1, 0.15) is 0 Å². The summed E-state index contributed by atoms with van der Waals surface area (Å²) in [5, 5.41) is 3.43. The smallest absolute Gasteiger partial charge is 0.0589 e. The lowest BCUT2D eigenvalue weighted by Crippen LogP contribution is -2.34. The fraction of sp³-hybridized carbons (Fsp3) is 0.647. The van der Waals surface area contributed by atoms with Crippen LogP contribution in [-0.2, 0) is 4.74 Å². The molecule has 120 valence electrons. The maximum atomic E-state index is 5.22. The van der Waals surface area contributed by atoms with Crippen LogP contribution in [0.2, 0.25) is 0 Å². The lowest BCUT2D eigenvalue weighted by atomic mass is 10.0. The van der Waals surface area contributed by atoms with Crippen LogP contribution in [0.15, 0.2) is 28.7 Å². The van der Waals surface area contributed by atoms with Crippen molar-refractivity contribution >= 4 is 15.9 Å². The predicted molar refractivity (Wildman–Crippen MR) is 93.7 cm³/mol. The fourth-order valence-corrected chi connectivity index (χ4v) is 2.96. The lowest BCUT2D eigenvalue weighted by Gasteiger charge is -2.26. The highest BCUT2D eigenvalue weighted by atomic mass is 79.9. The Hall–Kier alpha value is -0.420. The van der Waals surface area contributed by atoms with Gasteiger partial charge in [-0.1, -0.05) is 41.9 Å². The van der Waals surface area contributed by atoms with Gasteiger partial charge in [-0.15, -0.1) is 0 Å². The molecule has 0 amide bonds. The maximum absolute atomic E-state index is 5.22. The number of nitrogens with one attached hydrogen (secondary N) is 1. The third-order valence-electron chi connectivity index (χ3n) is 3.57. The predicted octanol–water partition coefficient (Wildman–Crippen LogP) is 3.70. The largest absolute Gasteiger partial charge is 0.383 e. The highest BCUT2D eigenvalue weighted by Gasteiger charge is 2.13. The van der Waals surface area contributed by atoms with Crippen molar-refractivity contribution in [2.45, 2.75) is 26.3 Å². The molecular formula is C17H29BrN2O. The van der Waals surface area contributed by atoms with Crippen molar-refractivity contribution in [2.75, 3.05) is 40.4 Å². The number of hydrogen-bond donors (Lipinski definition) is 1. The summed E-state index contributed by atoms with van der Waals surface area (Å²) in [5.41, 5.74) is 1.34. The zero-order chi connectivity index (χ0) is 15.7. The molecule has 21 heavy (non-hydrogen) atoms. The molecular weight excluding hydrogens is 328 g/mol. The molecule has 1 N–H and O–H groups in total. The summed E-state index contributed by atoms with van der Waals surface area (Å²) < 4.78 is 6.36. The molecule has 0 bridgehead atoms. The first-order chi connectivity index (χ1) is 10.1. The van der Waals surface area contributed by atoms with Crippen molar-refractivity contribution in [1.82, 2.24) is 10.2 Å². The Morgan fingerprint density at radius 1 is 1.29 bits per heavy atom. The second-order valence-corrected chi connectivity index (χ2v) is 6.79. The summed E-state index contributed by atoms with van der Waals surface area (Å²) in [6.07, 6.45) is 1.10. The number of hydrogen-bond acceptors (Lipinski definition) is 3. The van der Waals surface area contributed by atoms with Crippen molar-refractivity contribution in [3.05, 3.63) is 34.3 Å². The molecule has 0 aliphatic heterocycles. The van der Waals surface area contributed by atoms with E-state index in [9.17, 15) is 0 Å². The average Bonchev–Trinajstić information content (AvgIpc) is 2.44. The molecule has 0 heterocycles. The van der Waals surface area contributed by atoms with Crippen LogP contribution in [0.4, 0.5) is 0 Å². The first-order valence-electron chi connectivity index (χ1n) is 7.70. The number of rotatable bonds is 10. The topological polar surface area (TPSA) is 24.5 Å². The number of methoxy groups -OCH3 is 1. The standard InChI is InChI=1S/C17H29BrN2O/c1-14(2)13-20(10-11-21-4)9-8-17(19-3)15-6-5-7-16(18)12-15/h5-7,12,14,17,19H,8-11,13H2,1-4H3. The average molecular weight is 357 g/mol. The lowest BCUT2D eigenvalue weighted by molar-refractivity contribution is 0.137. The van der Waals surface area contributed by atoms with E-state index in [2.05, 4.69) is 64.3 Å². The van der Waals surface area contributed by atoms with Gasteiger partial charge in [0.25, 0.3) is 0 Å². The monoisotopic (exact) mass is 356 g/mol. The van der Waals surface area contributed by atoms with Gasteiger partial charge in [0.05, 0.1) is 6.61 Å². The van der Waals surface area contributed by atoms with E-state index in [1.807, 2.05) is 7.05 Å². The van der Waals surface area contributed by atoms with Crippen molar-refractivity contribution in [2.24, 2.45) is 5.92 Å². The van der Waals surface area contributed by atoms with Gasteiger partial charge in [0.15, 0.2) is 0 Å². The molecule has 1 aromatic rings. The SMILES string of the molecule is CNC(CCN(CCOC)CC(C)C)c1cccc(Br)c1. The van der Waals surface area contributed by atoms with Gasteiger partial charge in [-0.25, -0.2) is 0 Å². The van der Waals surface area contributed by atoms with Crippen LogP contribution >= 0.6 is 15.9 Å². The summed E-state index contributed by atoms with van der Waals surface area (Å²) in [7, 11) is 3.80. The van der Waals surface area contributed by atoms with Crippen molar-refractivity contribution in [3.63, 3.8) is 0 Å². The highest BCUT2D eigenvalue weighted by molar-refractivity contribution is 9.10. The van der Waals surface area contributed by atoms with Crippen LogP contribution in [0.1, 0.15) is 31.9 Å². The van der Waals surface area contributed by atoms with E-state index >= 15 is 0 Å². The summed E-state index contributed by atoms with van der Waals surface area (Å²) in [6, 6.07) is 8.94. The minimum atomic E-state index is 0.389. The molecule has 0 aliphatic carbocycles. The van der Waals surface area contributed by atoms with Crippen LogP contribution in [0.5, 0.6) is 0 Å². The Kier molecular flexibility index (Phi) is 9.16. The molecule has 0 saturated heterocycles. The summed E-state index contributed by atoms with van der Waals surface area (Å²) in [4.78, 5) is 2.50. The Bertz CT molecular complexity index is 398. The van der Waals surface area contributed by atoms with Gasteiger partial charge in [-0.3, -0.25) is 0 Å². The Labute approximate surface area is 138 Å². The number of halogens is 1.